The van der Waals surface area contributed by atoms with Crippen LogP contribution in [-0.2, 0) is 6.42 Å². The predicted molar refractivity (Wildman–Crippen MR) is 94.5 cm³/mol. The molecule has 2 aromatic rings. The first-order chi connectivity index (χ1) is 10.2. The smallest absolute Gasteiger partial charge is 0.0630 e. The number of fused-ring (bicyclic) bond motifs is 1. The fraction of sp³-hybridized carbons (Fsp3) is 0.474. The van der Waals surface area contributed by atoms with Gasteiger partial charge in [-0.1, -0.05) is 69.7 Å². The molecule has 0 radical (unpaired) electrons. The lowest BCUT2D eigenvalue weighted by atomic mass is 9.98. The SMILES string of the molecule is CCCCCCCCCc1cc2ccccc2c(N)c1N. The molecule has 21 heavy (non-hydrogen) atoms. The third-order valence-electron chi connectivity index (χ3n) is 4.27. The lowest BCUT2D eigenvalue weighted by Gasteiger charge is -2.12. The molecule has 0 aliphatic rings. The second-order valence-electron chi connectivity index (χ2n) is 5.96. The van der Waals surface area contributed by atoms with E-state index in [1.54, 1.807) is 0 Å². The highest BCUT2D eigenvalue weighted by Crippen LogP contribution is 2.31. The van der Waals surface area contributed by atoms with Crippen molar-refractivity contribution in [3.8, 4) is 0 Å². The molecule has 0 heterocycles. The van der Waals surface area contributed by atoms with Crippen LogP contribution in [0.1, 0.15) is 57.4 Å². The summed E-state index contributed by atoms with van der Waals surface area (Å²) in [7, 11) is 0. The zero-order valence-corrected chi connectivity index (χ0v) is 13.2. The minimum Gasteiger partial charge on any atom is -0.397 e. The Morgan fingerprint density at radius 3 is 2.24 bits per heavy atom. The number of benzene rings is 2. The van der Waals surface area contributed by atoms with Gasteiger partial charge in [-0.2, -0.15) is 0 Å². The van der Waals surface area contributed by atoms with E-state index in [2.05, 4.69) is 25.1 Å². The molecule has 114 valence electrons. The second-order valence-corrected chi connectivity index (χ2v) is 5.96. The van der Waals surface area contributed by atoms with Crippen LogP contribution >= 0.6 is 0 Å². The molecular weight excluding hydrogens is 256 g/mol. The Balaban J connectivity index is 1.91. The first-order valence-corrected chi connectivity index (χ1v) is 8.29. The maximum atomic E-state index is 6.20. The van der Waals surface area contributed by atoms with E-state index < -0.39 is 0 Å². The van der Waals surface area contributed by atoms with Gasteiger partial charge in [0.15, 0.2) is 0 Å². The number of nitrogen functional groups attached to an aromatic ring is 2. The van der Waals surface area contributed by atoms with Gasteiger partial charge < -0.3 is 11.5 Å². The number of hydrogen-bond donors (Lipinski definition) is 2. The van der Waals surface area contributed by atoms with Gasteiger partial charge in [0, 0.05) is 5.39 Å². The molecule has 0 saturated carbocycles. The van der Waals surface area contributed by atoms with Gasteiger partial charge >= 0.3 is 0 Å². The Hall–Kier alpha value is -1.70. The molecule has 0 unspecified atom stereocenters. The fourth-order valence-electron chi connectivity index (χ4n) is 2.93. The second kappa shape index (κ2) is 7.92. The zero-order valence-electron chi connectivity index (χ0n) is 13.2. The Morgan fingerprint density at radius 2 is 1.48 bits per heavy atom. The van der Waals surface area contributed by atoms with E-state index in [1.807, 2.05) is 12.1 Å². The molecule has 0 spiro atoms. The Kier molecular flexibility index (Phi) is 5.91. The molecule has 2 aromatic carbocycles. The molecular formula is C19H28N2. The van der Waals surface area contributed by atoms with Crippen molar-refractivity contribution in [3.63, 3.8) is 0 Å². The standard InChI is InChI=1S/C19H28N2/c1-2-3-4-5-6-7-8-12-16-14-15-11-9-10-13-17(15)19(21)18(16)20/h9-11,13-14H,2-8,12,20-21H2,1H3. The van der Waals surface area contributed by atoms with Crippen molar-refractivity contribution < 1.29 is 0 Å². The Morgan fingerprint density at radius 1 is 0.810 bits per heavy atom. The number of anilines is 2. The quantitative estimate of drug-likeness (QED) is 0.510. The normalized spacial score (nSPS) is 11.1. The third-order valence-corrected chi connectivity index (χ3v) is 4.27. The summed E-state index contributed by atoms with van der Waals surface area (Å²) in [4.78, 5) is 0. The maximum absolute atomic E-state index is 6.20. The summed E-state index contributed by atoms with van der Waals surface area (Å²) in [6, 6.07) is 10.4. The summed E-state index contributed by atoms with van der Waals surface area (Å²) < 4.78 is 0. The minimum absolute atomic E-state index is 0.742. The van der Waals surface area contributed by atoms with Crippen LogP contribution in [0.4, 0.5) is 11.4 Å². The van der Waals surface area contributed by atoms with E-state index in [9.17, 15) is 0 Å². The largest absolute Gasteiger partial charge is 0.397 e. The topological polar surface area (TPSA) is 52.0 Å². The fourth-order valence-corrected chi connectivity index (χ4v) is 2.93. The number of rotatable bonds is 8. The molecule has 2 rings (SSSR count). The lowest BCUT2D eigenvalue weighted by Crippen LogP contribution is -2.01. The number of aryl methyl sites for hydroxylation is 1. The monoisotopic (exact) mass is 284 g/mol. The first-order valence-electron chi connectivity index (χ1n) is 8.29. The number of nitrogens with two attached hydrogens (primary N) is 2. The van der Waals surface area contributed by atoms with Crippen LogP contribution < -0.4 is 11.5 Å². The van der Waals surface area contributed by atoms with Crippen molar-refractivity contribution in [3.05, 3.63) is 35.9 Å². The van der Waals surface area contributed by atoms with Gasteiger partial charge in [-0.25, -0.2) is 0 Å². The Labute approximate surface area is 128 Å². The molecule has 0 atom stereocenters. The van der Waals surface area contributed by atoms with Crippen LogP contribution in [-0.4, -0.2) is 0 Å². The van der Waals surface area contributed by atoms with Crippen molar-refractivity contribution >= 4 is 22.1 Å². The van der Waals surface area contributed by atoms with Gasteiger partial charge in [0.1, 0.15) is 0 Å². The first kappa shape index (κ1) is 15.7. The summed E-state index contributed by atoms with van der Waals surface area (Å²) in [6.07, 6.45) is 10.3. The summed E-state index contributed by atoms with van der Waals surface area (Å²) in [5.74, 6) is 0. The average Bonchev–Trinajstić information content (AvgIpc) is 2.51. The predicted octanol–water partition coefficient (Wildman–Crippen LogP) is 5.30. The van der Waals surface area contributed by atoms with Gasteiger partial charge in [0.25, 0.3) is 0 Å². The molecule has 0 amide bonds. The molecule has 4 N–H and O–H groups in total. The summed E-state index contributed by atoms with van der Waals surface area (Å²) >= 11 is 0. The summed E-state index contributed by atoms with van der Waals surface area (Å²) in [6.45, 7) is 2.26. The van der Waals surface area contributed by atoms with E-state index in [0.29, 0.717) is 0 Å². The molecule has 0 aliphatic carbocycles. The highest BCUT2D eigenvalue weighted by Gasteiger charge is 2.07. The van der Waals surface area contributed by atoms with Gasteiger partial charge in [-0.05, 0) is 29.9 Å². The van der Waals surface area contributed by atoms with E-state index in [1.165, 1.54) is 55.9 Å². The van der Waals surface area contributed by atoms with Crippen molar-refractivity contribution in [2.24, 2.45) is 0 Å². The van der Waals surface area contributed by atoms with E-state index >= 15 is 0 Å². The highest BCUT2D eigenvalue weighted by atomic mass is 14.7. The van der Waals surface area contributed by atoms with E-state index in [-0.39, 0.29) is 0 Å². The zero-order chi connectivity index (χ0) is 15.1. The Bertz CT molecular complexity index is 575. The minimum atomic E-state index is 0.742. The van der Waals surface area contributed by atoms with Gasteiger partial charge in [-0.15, -0.1) is 0 Å². The highest BCUT2D eigenvalue weighted by molar-refractivity contribution is 5.99. The molecule has 0 bridgehead atoms. The van der Waals surface area contributed by atoms with Crippen LogP contribution in [0.5, 0.6) is 0 Å². The van der Waals surface area contributed by atoms with Crippen LogP contribution in [0.3, 0.4) is 0 Å². The van der Waals surface area contributed by atoms with Gasteiger partial charge in [-0.3, -0.25) is 0 Å². The van der Waals surface area contributed by atoms with Crippen molar-refractivity contribution in [2.75, 3.05) is 11.5 Å². The summed E-state index contributed by atoms with van der Waals surface area (Å²) in [5.41, 5.74) is 15.1. The van der Waals surface area contributed by atoms with Crippen molar-refractivity contribution in [1.82, 2.24) is 0 Å². The number of hydrogen-bond acceptors (Lipinski definition) is 2. The van der Waals surface area contributed by atoms with Gasteiger partial charge in [0.05, 0.1) is 11.4 Å². The van der Waals surface area contributed by atoms with E-state index in [4.69, 9.17) is 11.5 Å². The van der Waals surface area contributed by atoms with Crippen molar-refractivity contribution in [2.45, 2.75) is 58.3 Å². The maximum Gasteiger partial charge on any atom is 0.0630 e. The van der Waals surface area contributed by atoms with Crippen LogP contribution in [0, 0.1) is 0 Å². The van der Waals surface area contributed by atoms with E-state index in [0.717, 1.165) is 23.2 Å². The number of unbranched alkanes of at least 4 members (excludes halogenated alkanes) is 6. The molecule has 2 heteroatoms. The lowest BCUT2D eigenvalue weighted by molar-refractivity contribution is 0.589. The van der Waals surface area contributed by atoms with Crippen LogP contribution in [0.15, 0.2) is 30.3 Å². The molecule has 0 aromatic heterocycles. The third kappa shape index (κ3) is 4.13. The van der Waals surface area contributed by atoms with Crippen molar-refractivity contribution in [1.29, 1.82) is 0 Å². The molecule has 0 fully saturated rings. The molecule has 0 aliphatic heterocycles. The van der Waals surface area contributed by atoms with Crippen LogP contribution in [0.25, 0.3) is 10.8 Å². The average molecular weight is 284 g/mol. The molecule has 2 nitrogen and oxygen atoms in total. The summed E-state index contributed by atoms with van der Waals surface area (Å²) in [5, 5.41) is 2.26. The van der Waals surface area contributed by atoms with Gasteiger partial charge in [0.2, 0.25) is 0 Å². The van der Waals surface area contributed by atoms with Crippen LogP contribution in [0.2, 0.25) is 0 Å². The molecule has 0 saturated heterocycles.